The number of nitrogens with zero attached hydrogens (tertiary/aromatic N) is 2. The third-order valence-corrected chi connectivity index (χ3v) is 6.13. The van der Waals surface area contributed by atoms with Crippen molar-refractivity contribution in [3.63, 3.8) is 0 Å². The fraction of sp³-hybridized carbons (Fsp3) is 0.269. The number of pyridine rings is 1. The molecule has 4 aromatic rings. The van der Waals surface area contributed by atoms with Crippen molar-refractivity contribution in [3.05, 3.63) is 83.8 Å². The number of fused-ring (bicyclic) bond motifs is 1. The lowest BCUT2D eigenvalue weighted by molar-refractivity contribution is 0.0903. The smallest absolute Gasteiger partial charge is 0.252 e. The fourth-order valence-electron chi connectivity index (χ4n) is 4.20. The van der Waals surface area contributed by atoms with Crippen molar-refractivity contribution in [3.8, 4) is 5.75 Å². The van der Waals surface area contributed by atoms with Gasteiger partial charge >= 0.3 is 0 Å². The van der Waals surface area contributed by atoms with E-state index in [1.165, 1.54) is 0 Å². The summed E-state index contributed by atoms with van der Waals surface area (Å²) in [5, 5.41) is 15.5. The van der Waals surface area contributed by atoms with E-state index < -0.39 is 0 Å². The van der Waals surface area contributed by atoms with Gasteiger partial charge < -0.3 is 20.1 Å². The van der Waals surface area contributed by atoms with Gasteiger partial charge in [-0.3, -0.25) is 9.89 Å². The van der Waals surface area contributed by atoms with E-state index in [9.17, 15) is 4.79 Å². The minimum Gasteiger partial charge on any atom is -0.497 e. The van der Waals surface area contributed by atoms with E-state index in [1.54, 1.807) is 19.5 Å². The summed E-state index contributed by atoms with van der Waals surface area (Å²) in [5.41, 5.74) is 2.38. The molecule has 3 N–H and O–H groups in total. The first-order valence-electron chi connectivity index (χ1n) is 11.4. The highest BCUT2D eigenvalue weighted by molar-refractivity contribution is 5.99. The largest absolute Gasteiger partial charge is 0.497 e. The molecule has 0 radical (unpaired) electrons. The molecule has 3 heterocycles. The molecule has 0 aliphatic carbocycles. The van der Waals surface area contributed by atoms with Crippen LogP contribution in [0.1, 0.15) is 40.4 Å². The van der Waals surface area contributed by atoms with Gasteiger partial charge in [0.15, 0.2) is 0 Å². The van der Waals surface area contributed by atoms with E-state index in [2.05, 4.69) is 25.8 Å². The summed E-state index contributed by atoms with van der Waals surface area (Å²) in [4.78, 5) is 17.8. The molecule has 2 aromatic carbocycles. The van der Waals surface area contributed by atoms with E-state index in [1.807, 2.05) is 54.7 Å². The molecule has 174 valence electrons. The Bertz CT molecular complexity index is 1250. The van der Waals surface area contributed by atoms with E-state index in [-0.39, 0.29) is 11.9 Å². The van der Waals surface area contributed by atoms with E-state index in [0.717, 1.165) is 59.5 Å². The van der Waals surface area contributed by atoms with Crippen molar-refractivity contribution in [1.29, 1.82) is 0 Å². The highest BCUT2D eigenvalue weighted by Crippen LogP contribution is 2.25. The van der Waals surface area contributed by atoms with Crippen molar-refractivity contribution in [2.45, 2.75) is 24.9 Å². The van der Waals surface area contributed by atoms with Gasteiger partial charge in [-0.25, -0.2) is 4.98 Å². The zero-order valence-corrected chi connectivity index (χ0v) is 19.0. The average Bonchev–Trinajstić information content (AvgIpc) is 3.42. The lowest BCUT2D eigenvalue weighted by atomic mass is 10.0. The summed E-state index contributed by atoms with van der Waals surface area (Å²) in [6, 6.07) is 15.3. The summed E-state index contributed by atoms with van der Waals surface area (Å²) in [5.74, 6) is 1.40. The maximum Gasteiger partial charge on any atom is 0.252 e. The highest BCUT2D eigenvalue weighted by Gasteiger charge is 2.20. The number of H-pyrrole nitrogens is 1. The predicted octanol–water partition coefficient (Wildman–Crippen LogP) is 4.08. The Balaban J connectivity index is 1.38. The number of aromatic nitrogens is 3. The maximum atomic E-state index is 13.3. The monoisotopic (exact) mass is 457 g/mol. The molecular weight excluding hydrogens is 430 g/mol. The molecule has 1 unspecified atom stereocenters. The summed E-state index contributed by atoms with van der Waals surface area (Å²) >= 11 is 0. The Hall–Kier alpha value is -3.91. The molecule has 0 saturated carbocycles. The second-order valence-electron chi connectivity index (χ2n) is 8.37. The van der Waals surface area contributed by atoms with Crippen molar-refractivity contribution in [2.24, 2.45) is 0 Å². The van der Waals surface area contributed by atoms with Crippen molar-refractivity contribution < 1.29 is 14.3 Å². The number of ether oxygens (including phenoxy) is 2. The second-order valence-corrected chi connectivity index (χ2v) is 8.37. The molecule has 2 aromatic heterocycles. The zero-order valence-electron chi connectivity index (χ0n) is 19.0. The standard InChI is InChI=1S/C26H27N5O3/c1-33-23-6-4-17(5-7-23)25(21-15-28-29-16-21)31-26(32)18-2-3-19-14-27-24(13-20(19)12-18)30-22-8-10-34-11-9-22/h2-7,12-16,22,25H,8-11H2,1H3,(H,27,30)(H,28,29)(H,31,32). The number of methoxy groups -OCH3 is 1. The van der Waals surface area contributed by atoms with Crippen LogP contribution in [-0.2, 0) is 4.74 Å². The van der Waals surface area contributed by atoms with Gasteiger partial charge in [0.2, 0.25) is 0 Å². The van der Waals surface area contributed by atoms with Crippen LogP contribution >= 0.6 is 0 Å². The van der Waals surface area contributed by atoms with Crippen molar-refractivity contribution >= 4 is 22.5 Å². The number of aromatic amines is 1. The van der Waals surface area contributed by atoms with Crippen LogP contribution in [0.4, 0.5) is 5.82 Å². The third kappa shape index (κ3) is 4.87. The minimum atomic E-state index is -0.351. The number of rotatable bonds is 7. The van der Waals surface area contributed by atoms with E-state index in [4.69, 9.17) is 9.47 Å². The second kappa shape index (κ2) is 9.93. The van der Waals surface area contributed by atoms with Gasteiger partial charge in [-0.2, -0.15) is 5.10 Å². The molecule has 8 heteroatoms. The first kappa shape index (κ1) is 21.9. The number of nitrogens with one attached hydrogen (secondary N) is 3. The SMILES string of the molecule is COc1ccc(C(NC(=O)c2ccc3cnc(NC4CCOCC4)cc3c2)c2cn[nH]c2)cc1. The molecule has 1 aliphatic heterocycles. The third-order valence-electron chi connectivity index (χ3n) is 6.13. The molecule has 5 rings (SSSR count). The van der Waals surface area contributed by atoms with Crippen LogP contribution in [0, 0.1) is 0 Å². The number of anilines is 1. The normalized spacial score (nSPS) is 15.1. The van der Waals surface area contributed by atoms with Gasteiger partial charge in [0.1, 0.15) is 11.6 Å². The molecule has 1 fully saturated rings. The van der Waals surface area contributed by atoms with E-state index >= 15 is 0 Å². The number of carbonyl (C=O) groups is 1. The zero-order chi connectivity index (χ0) is 23.3. The van der Waals surface area contributed by atoms with Gasteiger partial charge in [0.05, 0.1) is 19.3 Å². The molecule has 1 saturated heterocycles. The minimum absolute atomic E-state index is 0.167. The Morgan fingerprint density at radius 3 is 2.62 bits per heavy atom. The molecular formula is C26H27N5O3. The quantitative estimate of drug-likeness (QED) is 0.387. The molecule has 0 bridgehead atoms. The van der Waals surface area contributed by atoms with Crippen LogP contribution < -0.4 is 15.4 Å². The van der Waals surface area contributed by atoms with Crippen molar-refractivity contribution in [2.75, 3.05) is 25.6 Å². The Morgan fingerprint density at radius 1 is 1.06 bits per heavy atom. The van der Waals surface area contributed by atoms with Gasteiger partial charge in [-0.05, 0) is 54.1 Å². The number of hydrogen-bond acceptors (Lipinski definition) is 6. The first-order valence-corrected chi connectivity index (χ1v) is 11.4. The van der Waals surface area contributed by atoms with Crippen LogP contribution in [0.5, 0.6) is 5.75 Å². The topological polar surface area (TPSA) is 101 Å². The number of benzene rings is 2. The maximum absolute atomic E-state index is 13.3. The van der Waals surface area contributed by atoms with Gasteiger partial charge in [0.25, 0.3) is 5.91 Å². The van der Waals surface area contributed by atoms with Crippen molar-refractivity contribution in [1.82, 2.24) is 20.5 Å². The Kier molecular flexibility index (Phi) is 6.40. The van der Waals surface area contributed by atoms with Crippen LogP contribution in [0.3, 0.4) is 0 Å². The average molecular weight is 458 g/mol. The molecule has 1 amide bonds. The summed E-state index contributed by atoms with van der Waals surface area (Å²) < 4.78 is 10.7. The number of hydrogen-bond donors (Lipinski definition) is 3. The van der Waals surface area contributed by atoms with Gasteiger partial charge in [-0.1, -0.05) is 18.2 Å². The molecule has 8 nitrogen and oxygen atoms in total. The number of carbonyl (C=O) groups excluding carboxylic acids is 1. The fourth-order valence-corrected chi connectivity index (χ4v) is 4.20. The summed E-state index contributed by atoms with van der Waals surface area (Å²) in [6.07, 6.45) is 7.27. The van der Waals surface area contributed by atoms with Gasteiger partial charge in [0, 0.05) is 48.2 Å². The Morgan fingerprint density at radius 2 is 1.88 bits per heavy atom. The molecule has 1 aliphatic rings. The van der Waals surface area contributed by atoms with Crippen LogP contribution in [0.25, 0.3) is 10.8 Å². The summed E-state index contributed by atoms with van der Waals surface area (Å²) in [6.45, 7) is 1.53. The summed E-state index contributed by atoms with van der Waals surface area (Å²) in [7, 11) is 1.63. The lowest BCUT2D eigenvalue weighted by Crippen LogP contribution is -2.29. The predicted molar refractivity (Wildman–Crippen MR) is 130 cm³/mol. The van der Waals surface area contributed by atoms with Gasteiger partial charge in [-0.15, -0.1) is 0 Å². The Labute approximate surface area is 197 Å². The van der Waals surface area contributed by atoms with Crippen LogP contribution in [0.2, 0.25) is 0 Å². The van der Waals surface area contributed by atoms with Crippen LogP contribution in [0.15, 0.2) is 67.1 Å². The highest BCUT2D eigenvalue weighted by atomic mass is 16.5. The molecule has 34 heavy (non-hydrogen) atoms. The number of amides is 1. The lowest BCUT2D eigenvalue weighted by Gasteiger charge is -2.23. The van der Waals surface area contributed by atoms with E-state index in [0.29, 0.717) is 11.6 Å². The molecule has 0 spiro atoms. The molecule has 1 atom stereocenters. The van der Waals surface area contributed by atoms with Crippen LogP contribution in [-0.4, -0.2) is 47.5 Å². The first-order chi connectivity index (χ1) is 16.7.